The number of nitrogens with zero attached hydrogens (tertiary/aromatic N) is 1. The zero-order chi connectivity index (χ0) is 22.5. The number of ether oxygens (including phenoxy) is 3. The number of esters is 2. The molecule has 0 saturated carbocycles. The first kappa shape index (κ1) is 23.1. The lowest BCUT2D eigenvalue weighted by molar-refractivity contribution is -0.175. The fourth-order valence-electron chi connectivity index (χ4n) is 3.29. The number of hydrogen-bond acceptors (Lipinski definition) is 6. The van der Waals surface area contributed by atoms with Crippen molar-refractivity contribution >= 4 is 23.5 Å². The summed E-state index contributed by atoms with van der Waals surface area (Å²) in [6.07, 6.45) is -1.77. The molecule has 1 heterocycles. The van der Waals surface area contributed by atoms with E-state index in [1.54, 1.807) is 12.1 Å². The van der Waals surface area contributed by atoms with E-state index in [9.17, 15) is 23.2 Å². The van der Waals surface area contributed by atoms with Crippen LogP contribution in [0.15, 0.2) is 42.0 Å². The zero-order valence-corrected chi connectivity index (χ0v) is 17.2. The first-order valence-corrected chi connectivity index (χ1v) is 9.28. The van der Waals surface area contributed by atoms with Crippen LogP contribution in [-0.2, 0) is 23.9 Å². The molecule has 1 aliphatic heterocycles. The summed E-state index contributed by atoms with van der Waals surface area (Å²) in [4.78, 5) is 39.5. The second-order valence-corrected chi connectivity index (χ2v) is 6.38. The monoisotopic (exact) mass is 423 g/mol. The molecule has 0 spiro atoms. The molecule has 9 heteroatoms. The zero-order valence-electron chi connectivity index (χ0n) is 17.2. The van der Waals surface area contributed by atoms with Gasteiger partial charge in [0.1, 0.15) is 5.75 Å². The highest BCUT2D eigenvalue weighted by Gasteiger charge is 2.59. The number of amides is 1. The number of carbonyl (C=O) groups excluding carboxylic acids is 3. The number of halogens is 2. The van der Waals surface area contributed by atoms with Gasteiger partial charge in [0.05, 0.1) is 26.0 Å². The molecule has 2 rings (SSSR count). The Labute approximate surface area is 172 Å². The summed E-state index contributed by atoms with van der Waals surface area (Å²) in [7, 11) is 1.46. The maximum absolute atomic E-state index is 13.7. The molecular weight excluding hydrogens is 400 g/mol. The van der Waals surface area contributed by atoms with Crippen LogP contribution in [0.25, 0.3) is 5.70 Å². The molecule has 0 bridgehead atoms. The van der Waals surface area contributed by atoms with Crippen molar-refractivity contribution in [1.29, 1.82) is 0 Å². The van der Waals surface area contributed by atoms with E-state index in [-0.39, 0.29) is 18.9 Å². The second-order valence-electron chi connectivity index (χ2n) is 6.38. The van der Waals surface area contributed by atoms with Crippen LogP contribution in [0.1, 0.15) is 32.8 Å². The largest absolute Gasteiger partial charge is 0.497 e. The van der Waals surface area contributed by atoms with Crippen LogP contribution in [-0.4, -0.2) is 48.6 Å². The summed E-state index contributed by atoms with van der Waals surface area (Å²) in [6, 6.07) is 6.19. The number of carbonyl (C=O) groups is 3. The molecule has 7 nitrogen and oxygen atoms in total. The number of benzene rings is 1. The van der Waals surface area contributed by atoms with E-state index >= 15 is 0 Å². The molecule has 0 radical (unpaired) electrons. The molecule has 30 heavy (non-hydrogen) atoms. The Kier molecular flexibility index (Phi) is 7.31. The van der Waals surface area contributed by atoms with Gasteiger partial charge in [-0.05, 0) is 49.8 Å². The molecule has 0 saturated heterocycles. The number of hydrogen-bond donors (Lipinski definition) is 0. The topological polar surface area (TPSA) is 82.1 Å². The number of rotatable bonds is 6. The fraction of sp³-hybridized carbons (Fsp3) is 0.381. The van der Waals surface area contributed by atoms with Crippen molar-refractivity contribution in [3.63, 3.8) is 0 Å². The van der Waals surface area contributed by atoms with E-state index in [4.69, 9.17) is 14.2 Å². The Morgan fingerprint density at radius 2 is 1.57 bits per heavy atom. The molecule has 1 aliphatic rings. The van der Waals surface area contributed by atoms with Gasteiger partial charge < -0.3 is 14.2 Å². The van der Waals surface area contributed by atoms with E-state index in [2.05, 4.69) is 0 Å². The van der Waals surface area contributed by atoms with Gasteiger partial charge in [0, 0.05) is 18.9 Å². The Morgan fingerprint density at radius 3 is 1.97 bits per heavy atom. The van der Waals surface area contributed by atoms with Crippen LogP contribution >= 0.6 is 0 Å². The van der Waals surface area contributed by atoms with Gasteiger partial charge in [-0.25, -0.2) is 9.59 Å². The third-order valence-electron chi connectivity index (χ3n) is 4.55. The molecule has 0 aromatic heterocycles. The molecule has 0 unspecified atom stereocenters. The van der Waals surface area contributed by atoms with Crippen molar-refractivity contribution in [1.82, 2.24) is 4.90 Å². The molecule has 0 N–H and O–H groups in total. The van der Waals surface area contributed by atoms with Crippen LogP contribution in [0.5, 0.6) is 5.75 Å². The SMILES string of the molecule is CCOC(=O)C1(C(=O)OCC)CC(=C(F)F)C=C(c2ccc(OC)cc2)N1C(C)=O. The molecule has 1 amide bonds. The highest BCUT2D eigenvalue weighted by Crippen LogP contribution is 2.42. The molecule has 1 aromatic carbocycles. The lowest BCUT2D eigenvalue weighted by Gasteiger charge is -2.43. The summed E-state index contributed by atoms with van der Waals surface area (Å²) in [6.45, 7) is 3.90. The third kappa shape index (κ3) is 4.19. The Balaban J connectivity index is 2.82. The van der Waals surface area contributed by atoms with E-state index in [1.165, 1.54) is 33.1 Å². The van der Waals surface area contributed by atoms with Crippen LogP contribution in [0.4, 0.5) is 8.78 Å². The lowest BCUT2D eigenvalue weighted by atomic mass is 9.83. The van der Waals surface area contributed by atoms with E-state index < -0.39 is 41.5 Å². The Morgan fingerprint density at radius 1 is 1.03 bits per heavy atom. The minimum absolute atomic E-state index is 0.0553. The van der Waals surface area contributed by atoms with Crippen LogP contribution in [0.2, 0.25) is 0 Å². The summed E-state index contributed by atoms with van der Waals surface area (Å²) in [5, 5.41) is 0. The highest BCUT2D eigenvalue weighted by molar-refractivity contribution is 6.11. The molecule has 162 valence electrons. The summed E-state index contributed by atoms with van der Waals surface area (Å²) < 4.78 is 42.6. The van der Waals surface area contributed by atoms with E-state index in [0.717, 1.165) is 17.9 Å². The molecule has 0 aliphatic carbocycles. The van der Waals surface area contributed by atoms with Gasteiger partial charge in [0.15, 0.2) is 0 Å². The van der Waals surface area contributed by atoms with Gasteiger partial charge in [-0.2, -0.15) is 8.78 Å². The number of methoxy groups -OCH3 is 1. The van der Waals surface area contributed by atoms with Gasteiger partial charge in [-0.3, -0.25) is 9.69 Å². The lowest BCUT2D eigenvalue weighted by Crippen LogP contribution is -2.63. The predicted octanol–water partition coefficient (Wildman–Crippen LogP) is 3.30. The smallest absolute Gasteiger partial charge is 0.344 e. The summed E-state index contributed by atoms with van der Waals surface area (Å²) >= 11 is 0. The Bertz CT molecular complexity index is 869. The van der Waals surface area contributed by atoms with E-state index in [1.807, 2.05) is 0 Å². The van der Waals surface area contributed by atoms with Crippen molar-refractivity contribution in [2.24, 2.45) is 0 Å². The van der Waals surface area contributed by atoms with Crippen molar-refractivity contribution in [2.45, 2.75) is 32.7 Å². The predicted molar refractivity (Wildman–Crippen MR) is 103 cm³/mol. The quantitative estimate of drug-likeness (QED) is 0.516. The highest BCUT2D eigenvalue weighted by atomic mass is 19.3. The van der Waals surface area contributed by atoms with Gasteiger partial charge in [-0.15, -0.1) is 0 Å². The van der Waals surface area contributed by atoms with Crippen molar-refractivity contribution < 1.29 is 37.4 Å². The van der Waals surface area contributed by atoms with Gasteiger partial charge >= 0.3 is 11.9 Å². The molecule has 0 fully saturated rings. The van der Waals surface area contributed by atoms with Gasteiger partial charge in [-0.1, -0.05) is 0 Å². The fourth-order valence-corrected chi connectivity index (χ4v) is 3.29. The van der Waals surface area contributed by atoms with Crippen LogP contribution in [0, 0.1) is 0 Å². The molecule has 0 atom stereocenters. The summed E-state index contributed by atoms with van der Waals surface area (Å²) in [5.74, 6) is -2.50. The van der Waals surface area contributed by atoms with Crippen molar-refractivity contribution in [3.8, 4) is 5.75 Å². The van der Waals surface area contributed by atoms with Crippen molar-refractivity contribution in [2.75, 3.05) is 20.3 Å². The minimum Gasteiger partial charge on any atom is -0.497 e. The van der Waals surface area contributed by atoms with Crippen molar-refractivity contribution in [3.05, 3.63) is 47.6 Å². The van der Waals surface area contributed by atoms with Crippen LogP contribution in [0.3, 0.4) is 0 Å². The second kappa shape index (κ2) is 9.51. The minimum atomic E-state index is -2.42. The van der Waals surface area contributed by atoms with E-state index in [0.29, 0.717) is 11.3 Å². The maximum Gasteiger partial charge on any atom is 0.344 e. The first-order valence-electron chi connectivity index (χ1n) is 9.28. The average molecular weight is 423 g/mol. The third-order valence-corrected chi connectivity index (χ3v) is 4.55. The standard InChI is InChI=1S/C21H23F2NO6/c1-5-29-19(26)21(20(27)30-6-2)12-15(18(22)23)11-17(24(21)13(3)25)14-7-9-16(28-4)10-8-14/h7-11H,5-6,12H2,1-4H3. The summed E-state index contributed by atoms with van der Waals surface area (Å²) in [5.41, 5.74) is -2.72. The van der Waals surface area contributed by atoms with Gasteiger partial charge in [0.25, 0.3) is 6.08 Å². The molecular formula is C21H23F2NO6. The van der Waals surface area contributed by atoms with Crippen LogP contribution < -0.4 is 4.74 Å². The Hall–Kier alpha value is -3.23. The normalized spacial score (nSPS) is 15.2. The average Bonchev–Trinajstić information content (AvgIpc) is 2.72. The molecule has 1 aromatic rings. The number of allylic oxidation sites excluding steroid dienone is 1. The maximum atomic E-state index is 13.7. The van der Waals surface area contributed by atoms with Gasteiger partial charge in [0.2, 0.25) is 11.4 Å². The first-order chi connectivity index (χ1) is 14.2.